The highest BCUT2D eigenvalue weighted by Crippen LogP contribution is 2.53. The van der Waals surface area contributed by atoms with E-state index in [1.54, 1.807) is 19.5 Å². The van der Waals surface area contributed by atoms with Gasteiger partial charge in [0.1, 0.15) is 11.6 Å². The quantitative estimate of drug-likeness (QED) is 0.310. The fourth-order valence-corrected chi connectivity index (χ4v) is 5.74. The van der Waals surface area contributed by atoms with Crippen LogP contribution >= 0.6 is 0 Å². The maximum absolute atomic E-state index is 14.5. The number of methoxy groups -OCH3 is 1. The van der Waals surface area contributed by atoms with E-state index in [9.17, 15) is 4.39 Å². The topological polar surface area (TPSA) is 51.9 Å². The number of hydrogen-bond acceptors (Lipinski definition) is 5. The van der Waals surface area contributed by atoms with Crippen molar-refractivity contribution in [2.24, 2.45) is 22.9 Å². The Morgan fingerprint density at radius 1 is 1.27 bits per heavy atom. The van der Waals surface area contributed by atoms with Crippen LogP contribution < -0.4 is 0 Å². The van der Waals surface area contributed by atoms with Crippen LogP contribution in [0.15, 0.2) is 83.4 Å². The lowest BCUT2D eigenvalue weighted by Gasteiger charge is -2.42. The molecule has 1 saturated heterocycles. The van der Waals surface area contributed by atoms with Crippen molar-refractivity contribution in [1.29, 1.82) is 0 Å². The molecule has 6 nitrogen and oxygen atoms in total. The van der Waals surface area contributed by atoms with Crippen molar-refractivity contribution in [2.45, 2.75) is 59.1 Å². The summed E-state index contributed by atoms with van der Waals surface area (Å²) in [6.07, 6.45) is 25.1. The zero-order chi connectivity index (χ0) is 26.4. The molecule has 0 amide bonds. The van der Waals surface area contributed by atoms with Crippen molar-refractivity contribution in [2.75, 3.05) is 13.7 Å². The molecule has 4 aliphatic rings. The molecule has 4 atom stereocenters. The number of oxime groups is 1. The Morgan fingerprint density at radius 3 is 2.84 bits per heavy atom. The van der Waals surface area contributed by atoms with E-state index in [0.717, 1.165) is 55.1 Å². The van der Waals surface area contributed by atoms with E-state index in [1.807, 2.05) is 62.9 Å². The van der Waals surface area contributed by atoms with Crippen LogP contribution in [0.25, 0.3) is 6.20 Å². The van der Waals surface area contributed by atoms with Gasteiger partial charge in [0.05, 0.1) is 25.3 Å². The first kappa shape index (κ1) is 26.7. The molecule has 0 N–H and O–H groups in total. The summed E-state index contributed by atoms with van der Waals surface area (Å²) in [6, 6.07) is 0. The number of fused-ring (bicyclic) bond motifs is 4. The summed E-state index contributed by atoms with van der Waals surface area (Å²) in [4.78, 5) is 12.8. The van der Waals surface area contributed by atoms with Crippen LogP contribution in [-0.2, 0) is 9.57 Å². The van der Waals surface area contributed by atoms with Crippen molar-refractivity contribution in [3.8, 4) is 0 Å². The maximum atomic E-state index is 14.5. The van der Waals surface area contributed by atoms with Crippen LogP contribution in [0.3, 0.4) is 0 Å². The fraction of sp³-hybridized carbons (Fsp3) is 0.467. The number of rotatable bonds is 6. The molecule has 4 unspecified atom stereocenters. The van der Waals surface area contributed by atoms with Gasteiger partial charge >= 0.3 is 0 Å². The molecule has 2 fully saturated rings. The van der Waals surface area contributed by atoms with Gasteiger partial charge in [0, 0.05) is 36.9 Å². The van der Waals surface area contributed by atoms with Crippen molar-refractivity contribution in [1.82, 2.24) is 14.5 Å². The SMILES string of the molecule is CC.C\C=C/C(C=CC1CCCN2C1=NOC21CCC2C(F)=CC=CC21)=C\C(=C\n1cnc(C)c1)OC. The Kier molecular flexibility index (Phi) is 8.52. The zero-order valence-corrected chi connectivity index (χ0v) is 22.6. The van der Waals surface area contributed by atoms with E-state index in [-0.39, 0.29) is 23.6 Å². The maximum Gasteiger partial charge on any atom is 0.218 e. The monoisotopic (exact) mass is 506 g/mol. The summed E-state index contributed by atoms with van der Waals surface area (Å²) >= 11 is 0. The molecule has 0 aromatic carbocycles. The first-order valence-corrected chi connectivity index (χ1v) is 13.4. The zero-order valence-electron chi connectivity index (χ0n) is 22.6. The van der Waals surface area contributed by atoms with Gasteiger partial charge in [-0.25, -0.2) is 9.37 Å². The smallest absolute Gasteiger partial charge is 0.218 e. The molecule has 2 aliphatic heterocycles. The predicted octanol–water partition coefficient (Wildman–Crippen LogP) is 6.92. The van der Waals surface area contributed by atoms with Crippen LogP contribution in [-0.4, -0.2) is 39.7 Å². The number of ether oxygens (including phenoxy) is 1. The molecule has 5 rings (SSSR count). The second-order valence-electron chi connectivity index (χ2n) is 9.59. The van der Waals surface area contributed by atoms with Crippen LogP contribution in [0.1, 0.15) is 52.1 Å². The van der Waals surface area contributed by atoms with E-state index in [1.165, 1.54) is 0 Å². The fourth-order valence-electron chi connectivity index (χ4n) is 5.74. The van der Waals surface area contributed by atoms with Gasteiger partial charge in [-0.2, -0.15) is 0 Å². The van der Waals surface area contributed by atoms with Crippen molar-refractivity contribution in [3.63, 3.8) is 0 Å². The van der Waals surface area contributed by atoms with E-state index in [0.29, 0.717) is 0 Å². The predicted molar refractivity (Wildman–Crippen MR) is 147 cm³/mol. The third kappa shape index (κ3) is 5.36. The Balaban J connectivity index is 0.00000156. The molecule has 3 heterocycles. The van der Waals surface area contributed by atoms with Crippen molar-refractivity contribution in [3.05, 3.63) is 84.0 Å². The first-order valence-electron chi connectivity index (χ1n) is 13.4. The Hall–Kier alpha value is -3.35. The lowest BCUT2D eigenvalue weighted by atomic mass is 9.84. The first-order chi connectivity index (χ1) is 18.0. The minimum Gasteiger partial charge on any atom is -0.495 e. The van der Waals surface area contributed by atoms with Gasteiger partial charge in [-0.3, -0.25) is 0 Å². The molecule has 1 spiro atoms. The van der Waals surface area contributed by atoms with E-state index < -0.39 is 5.72 Å². The molecule has 1 aromatic rings. The normalized spacial score (nSPS) is 29.1. The van der Waals surface area contributed by atoms with Gasteiger partial charge < -0.3 is 19.0 Å². The van der Waals surface area contributed by atoms with E-state index in [4.69, 9.17) is 9.57 Å². The second-order valence-corrected chi connectivity index (χ2v) is 9.59. The van der Waals surface area contributed by atoms with Crippen LogP contribution in [0.5, 0.6) is 0 Å². The third-order valence-electron chi connectivity index (χ3n) is 7.39. The van der Waals surface area contributed by atoms with Gasteiger partial charge in [0.15, 0.2) is 5.84 Å². The molecular formula is C30H39FN4O2. The largest absolute Gasteiger partial charge is 0.495 e. The molecule has 7 heteroatoms. The molecule has 2 aliphatic carbocycles. The minimum absolute atomic E-state index is 0.00354. The summed E-state index contributed by atoms with van der Waals surface area (Å²) in [5.74, 6) is 1.70. The molecule has 0 radical (unpaired) electrons. The van der Waals surface area contributed by atoms with E-state index >= 15 is 0 Å². The van der Waals surface area contributed by atoms with E-state index in [2.05, 4.69) is 39.3 Å². The Bertz CT molecular complexity index is 1170. The lowest BCUT2D eigenvalue weighted by Crippen LogP contribution is -2.55. The lowest BCUT2D eigenvalue weighted by molar-refractivity contribution is -0.120. The number of aryl methyl sites for hydroxylation is 1. The van der Waals surface area contributed by atoms with Crippen LogP contribution in [0, 0.1) is 24.7 Å². The highest BCUT2D eigenvalue weighted by Gasteiger charge is 2.59. The Morgan fingerprint density at radius 2 is 2.11 bits per heavy atom. The highest BCUT2D eigenvalue weighted by molar-refractivity contribution is 5.88. The molecule has 1 saturated carbocycles. The van der Waals surface area contributed by atoms with Crippen molar-refractivity contribution >= 4 is 12.0 Å². The molecule has 1 aromatic heterocycles. The van der Waals surface area contributed by atoms with Gasteiger partial charge in [0.2, 0.25) is 5.72 Å². The third-order valence-corrected chi connectivity index (χ3v) is 7.39. The average molecular weight is 507 g/mol. The number of nitrogens with zero attached hydrogens (tertiary/aromatic N) is 4. The second kappa shape index (κ2) is 11.8. The summed E-state index contributed by atoms with van der Waals surface area (Å²) < 4.78 is 22.0. The Labute approximate surface area is 220 Å². The molecule has 0 bridgehead atoms. The summed E-state index contributed by atoms with van der Waals surface area (Å²) in [6.45, 7) is 8.85. The standard InChI is InChI=1S/C28H33FN4O2.C2H6/c1-4-7-21(16-23(34-3)18-32-17-20(2)30-19-32)11-12-22-8-6-15-33-27(22)31-35-28(33)14-13-24-25(28)9-5-10-26(24)29;1-2/h4-5,7,9-12,16-19,22,24-25H,6,8,13-15H2,1-3H3;1-2H3/b7-4-,12-11?,21-16+,23-18-;. The number of halogens is 1. The molecular weight excluding hydrogens is 467 g/mol. The average Bonchev–Trinajstić information content (AvgIpc) is 3.62. The number of amidine groups is 1. The van der Waals surface area contributed by atoms with Crippen LogP contribution in [0.4, 0.5) is 4.39 Å². The number of hydrogen-bond donors (Lipinski definition) is 0. The summed E-state index contributed by atoms with van der Waals surface area (Å²) in [5.41, 5.74) is 1.42. The highest BCUT2D eigenvalue weighted by atomic mass is 19.1. The summed E-state index contributed by atoms with van der Waals surface area (Å²) in [7, 11) is 1.67. The molecule has 37 heavy (non-hydrogen) atoms. The number of imidazole rings is 1. The number of aromatic nitrogens is 2. The van der Waals surface area contributed by atoms with Gasteiger partial charge in [-0.1, -0.05) is 55.5 Å². The van der Waals surface area contributed by atoms with Gasteiger partial charge in [-0.15, -0.1) is 0 Å². The van der Waals surface area contributed by atoms with Gasteiger partial charge in [0.25, 0.3) is 0 Å². The van der Waals surface area contributed by atoms with Crippen molar-refractivity contribution < 1.29 is 14.0 Å². The number of piperidine rings is 1. The molecule has 198 valence electrons. The van der Waals surface area contributed by atoms with Crippen LogP contribution in [0.2, 0.25) is 0 Å². The summed E-state index contributed by atoms with van der Waals surface area (Å²) in [5, 5.41) is 4.58. The minimum atomic E-state index is -0.550. The van der Waals surface area contributed by atoms with Gasteiger partial charge in [-0.05, 0) is 50.8 Å². The number of allylic oxidation sites excluding steroid dienone is 8.